The smallest absolute Gasteiger partial charge is 0.166 e. The largest absolute Gasteiger partial charge is 0.416 e. The molecule has 0 saturated carbocycles. The van der Waals surface area contributed by atoms with Gasteiger partial charge in [-0.05, 0) is 29.2 Å². The summed E-state index contributed by atoms with van der Waals surface area (Å²) in [4.78, 5) is 0.537. The maximum Gasteiger partial charge on any atom is 0.416 e. The van der Waals surface area contributed by atoms with Gasteiger partial charge >= 0.3 is 6.18 Å². The first-order chi connectivity index (χ1) is 7.48. The number of aromatic nitrogens is 2. The third-order valence-electron chi connectivity index (χ3n) is 1.92. The quantitative estimate of drug-likeness (QED) is 0.796. The molecule has 0 amide bonds. The second kappa shape index (κ2) is 4.06. The lowest BCUT2D eigenvalue weighted by molar-refractivity contribution is -0.137. The molecule has 0 N–H and O–H groups in total. The van der Waals surface area contributed by atoms with E-state index in [9.17, 15) is 13.2 Å². The first-order valence-corrected chi connectivity index (χ1v) is 5.39. The molecular weight excluding hydrogens is 257 g/mol. The summed E-state index contributed by atoms with van der Waals surface area (Å²) >= 11 is 5.04. The Balaban J connectivity index is 2.49. The third kappa shape index (κ3) is 2.19. The molecule has 0 bridgehead atoms. The van der Waals surface area contributed by atoms with Crippen LogP contribution >= 0.6 is 24.2 Å². The molecule has 0 spiro atoms. The van der Waals surface area contributed by atoms with Gasteiger partial charge in [0.15, 0.2) is 0 Å². The van der Waals surface area contributed by atoms with Crippen LogP contribution in [0.15, 0.2) is 29.3 Å². The monoisotopic (exact) mass is 262 g/mol. The number of benzene rings is 1. The molecule has 2 nitrogen and oxygen atoms in total. The van der Waals surface area contributed by atoms with Gasteiger partial charge < -0.3 is 0 Å². The molecule has 0 aliphatic carbocycles. The van der Waals surface area contributed by atoms with E-state index in [0.717, 1.165) is 23.7 Å². The van der Waals surface area contributed by atoms with E-state index in [1.807, 2.05) is 0 Å². The highest BCUT2D eigenvalue weighted by molar-refractivity contribution is 7.80. The minimum atomic E-state index is -4.34. The van der Waals surface area contributed by atoms with Crippen LogP contribution in [0.1, 0.15) is 5.56 Å². The minimum absolute atomic E-state index is 0.337. The molecule has 0 radical (unpaired) electrons. The van der Waals surface area contributed by atoms with E-state index in [0.29, 0.717) is 15.5 Å². The van der Waals surface area contributed by atoms with Crippen LogP contribution in [0.5, 0.6) is 0 Å². The number of thiol groups is 1. The molecule has 0 aliphatic heterocycles. The van der Waals surface area contributed by atoms with Gasteiger partial charge in [-0.3, -0.25) is 0 Å². The molecule has 16 heavy (non-hydrogen) atoms. The van der Waals surface area contributed by atoms with E-state index >= 15 is 0 Å². The number of rotatable bonds is 1. The van der Waals surface area contributed by atoms with Crippen molar-refractivity contribution in [1.82, 2.24) is 9.59 Å². The van der Waals surface area contributed by atoms with Crippen LogP contribution in [-0.2, 0) is 6.18 Å². The summed E-state index contributed by atoms with van der Waals surface area (Å²) in [6.45, 7) is 0. The van der Waals surface area contributed by atoms with Crippen molar-refractivity contribution in [1.29, 1.82) is 0 Å². The summed E-state index contributed by atoms with van der Waals surface area (Å²) in [5.41, 5.74) is -0.263. The predicted molar refractivity (Wildman–Crippen MR) is 57.6 cm³/mol. The molecule has 0 aliphatic rings. The van der Waals surface area contributed by atoms with Crippen LogP contribution in [0, 0.1) is 0 Å². The van der Waals surface area contributed by atoms with Crippen molar-refractivity contribution in [3.63, 3.8) is 0 Å². The fraction of sp³-hybridized carbons (Fsp3) is 0.111. The summed E-state index contributed by atoms with van der Waals surface area (Å²) in [6, 6.07) is 5.01. The number of alkyl halides is 3. The summed E-state index contributed by atoms with van der Waals surface area (Å²) in [6.07, 6.45) is -4.34. The molecule has 2 aromatic rings. The van der Waals surface area contributed by atoms with Gasteiger partial charge in [-0.2, -0.15) is 13.2 Å². The van der Waals surface area contributed by atoms with E-state index in [2.05, 4.69) is 22.2 Å². The molecular formula is C9H5F3N2S2. The first kappa shape index (κ1) is 11.4. The van der Waals surface area contributed by atoms with Gasteiger partial charge in [-0.25, -0.2) is 0 Å². The van der Waals surface area contributed by atoms with Crippen molar-refractivity contribution < 1.29 is 13.2 Å². The Morgan fingerprint density at radius 3 is 2.56 bits per heavy atom. The van der Waals surface area contributed by atoms with E-state index < -0.39 is 11.7 Å². The second-order valence-corrected chi connectivity index (χ2v) is 4.18. The molecule has 0 saturated heterocycles. The summed E-state index contributed by atoms with van der Waals surface area (Å²) < 4.78 is 41.0. The SMILES string of the molecule is FC(F)(F)c1cccc(-c2snnc2S)c1. The first-order valence-electron chi connectivity index (χ1n) is 4.17. The van der Waals surface area contributed by atoms with Gasteiger partial charge in [0.05, 0.1) is 10.4 Å². The Kier molecular flexibility index (Phi) is 2.90. The van der Waals surface area contributed by atoms with E-state index in [4.69, 9.17) is 0 Å². The Morgan fingerprint density at radius 2 is 2.00 bits per heavy atom. The van der Waals surface area contributed by atoms with Crippen LogP contribution in [0.4, 0.5) is 13.2 Å². The van der Waals surface area contributed by atoms with Gasteiger partial charge in [-0.15, -0.1) is 17.7 Å². The maximum atomic E-state index is 12.5. The number of nitrogens with zero attached hydrogens (tertiary/aromatic N) is 2. The molecule has 1 aromatic carbocycles. The minimum Gasteiger partial charge on any atom is -0.166 e. The predicted octanol–water partition coefficient (Wildman–Crippen LogP) is 3.51. The van der Waals surface area contributed by atoms with Gasteiger partial charge in [0.1, 0.15) is 5.03 Å². The Morgan fingerprint density at radius 1 is 1.25 bits per heavy atom. The van der Waals surface area contributed by atoms with E-state index in [1.54, 1.807) is 6.07 Å². The molecule has 1 aromatic heterocycles. The Bertz CT molecular complexity index is 507. The summed E-state index contributed by atoms with van der Waals surface area (Å²) in [5, 5.41) is 3.97. The normalized spacial score (nSPS) is 11.8. The molecule has 0 fully saturated rings. The lowest BCUT2D eigenvalue weighted by Crippen LogP contribution is -2.04. The summed E-state index contributed by atoms with van der Waals surface area (Å²) in [5.74, 6) is 0. The molecule has 0 atom stereocenters. The average Bonchev–Trinajstić information content (AvgIpc) is 2.63. The van der Waals surface area contributed by atoms with E-state index in [-0.39, 0.29) is 0 Å². The van der Waals surface area contributed by atoms with E-state index in [1.165, 1.54) is 6.07 Å². The molecule has 1 heterocycles. The zero-order valence-corrected chi connectivity index (χ0v) is 9.40. The van der Waals surface area contributed by atoms with Gasteiger partial charge in [0, 0.05) is 0 Å². The highest BCUT2D eigenvalue weighted by atomic mass is 32.1. The number of hydrogen-bond acceptors (Lipinski definition) is 4. The number of halogens is 3. The standard InChI is InChI=1S/C9H5F3N2S2/c10-9(11,12)6-3-1-2-5(4-6)7-8(15)13-14-16-7/h1-4,15H. The van der Waals surface area contributed by atoms with Gasteiger partial charge in [0.25, 0.3) is 0 Å². The molecule has 84 valence electrons. The van der Waals surface area contributed by atoms with Crippen LogP contribution in [0.3, 0.4) is 0 Å². The van der Waals surface area contributed by atoms with Crippen molar-refractivity contribution in [2.24, 2.45) is 0 Å². The second-order valence-electron chi connectivity index (χ2n) is 3.00. The molecule has 7 heteroatoms. The third-order valence-corrected chi connectivity index (χ3v) is 3.16. The molecule has 0 unspecified atom stereocenters. The fourth-order valence-corrected chi connectivity index (χ4v) is 2.12. The maximum absolute atomic E-state index is 12.5. The zero-order valence-electron chi connectivity index (χ0n) is 7.69. The fourth-order valence-electron chi connectivity index (χ4n) is 1.20. The highest BCUT2D eigenvalue weighted by Crippen LogP contribution is 2.34. The number of hydrogen-bond donors (Lipinski definition) is 1. The van der Waals surface area contributed by atoms with Crippen molar-refractivity contribution in [3.8, 4) is 10.4 Å². The van der Waals surface area contributed by atoms with Crippen molar-refractivity contribution in [2.75, 3.05) is 0 Å². The lowest BCUT2D eigenvalue weighted by Gasteiger charge is -2.07. The van der Waals surface area contributed by atoms with Gasteiger partial charge in [-0.1, -0.05) is 16.6 Å². The van der Waals surface area contributed by atoms with Crippen LogP contribution in [-0.4, -0.2) is 9.59 Å². The van der Waals surface area contributed by atoms with Crippen LogP contribution in [0.2, 0.25) is 0 Å². The van der Waals surface area contributed by atoms with Crippen molar-refractivity contribution in [3.05, 3.63) is 29.8 Å². The topological polar surface area (TPSA) is 25.8 Å². The average molecular weight is 262 g/mol. The van der Waals surface area contributed by atoms with Crippen LogP contribution < -0.4 is 0 Å². The van der Waals surface area contributed by atoms with Crippen molar-refractivity contribution >= 4 is 24.2 Å². The highest BCUT2D eigenvalue weighted by Gasteiger charge is 2.30. The summed E-state index contributed by atoms with van der Waals surface area (Å²) in [7, 11) is 0. The van der Waals surface area contributed by atoms with Crippen LogP contribution in [0.25, 0.3) is 10.4 Å². The Hall–Kier alpha value is -1.08. The van der Waals surface area contributed by atoms with Gasteiger partial charge in [0.2, 0.25) is 0 Å². The van der Waals surface area contributed by atoms with Crippen molar-refractivity contribution in [2.45, 2.75) is 11.2 Å². The zero-order chi connectivity index (χ0) is 11.8. The Labute approximate surface area is 98.7 Å². The lowest BCUT2D eigenvalue weighted by atomic mass is 10.1. The molecule has 2 rings (SSSR count).